The van der Waals surface area contributed by atoms with Gasteiger partial charge in [-0.2, -0.15) is 8.78 Å². The maximum absolute atomic E-state index is 11.0. The van der Waals surface area contributed by atoms with E-state index in [9.17, 15) is 13.3 Å². The zero-order chi connectivity index (χ0) is 6.41. The van der Waals surface area contributed by atoms with E-state index < -0.39 is 14.8 Å². The summed E-state index contributed by atoms with van der Waals surface area (Å²) in [6.45, 7) is -0.312. The Morgan fingerprint density at radius 2 is 2.38 bits per heavy atom. The maximum atomic E-state index is 11.0. The molecule has 8 heavy (non-hydrogen) atoms. The van der Waals surface area contributed by atoms with Crippen molar-refractivity contribution in [1.82, 2.24) is 0 Å². The number of hydrogen-bond acceptors (Lipinski definition) is 2. The summed E-state index contributed by atoms with van der Waals surface area (Å²) in [6, 6.07) is 0. The van der Waals surface area contributed by atoms with Crippen molar-refractivity contribution in [3.63, 3.8) is 0 Å². The van der Waals surface area contributed by atoms with Crippen LogP contribution in [-0.2, 0) is 9.09 Å². The topological polar surface area (TPSA) is 26.3 Å². The Hall–Kier alpha value is -0.340. The van der Waals surface area contributed by atoms with Gasteiger partial charge in [-0.05, 0) is 0 Å². The quantitative estimate of drug-likeness (QED) is 0.442. The fourth-order valence-electron chi connectivity index (χ4n) is 0.131. The molecule has 5 heteroatoms. The van der Waals surface area contributed by atoms with Gasteiger partial charge in [0.05, 0.1) is 6.61 Å². The highest BCUT2D eigenvalue weighted by Crippen LogP contribution is 1.99. The maximum Gasteiger partial charge on any atom is 0.327 e. The Balaban J connectivity index is 3.15. The standard InChI is InChI=1S/C3H3F2O2P/c4-3(5)1-2-7-8-6/h1H,2H2. The van der Waals surface area contributed by atoms with Gasteiger partial charge in [0.25, 0.3) is 6.08 Å². The van der Waals surface area contributed by atoms with Crippen LogP contribution in [0.5, 0.6) is 0 Å². The third-order valence-electron chi connectivity index (χ3n) is 0.365. The first-order valence-corrected chi connectivity index (χ1v) is 2.46. The summed E-state index contributed by atoms with van der Waals surface area (Å²) < 4.78 is 35.5. The first kappa shape index (κ1) is 7.66. The van der Waals surface area contributed by atoms with Crippen LogP contribution in [0.1, 0.15) is 0 Å². The molecule has 0 aliphatic rings. The van der Waals surface area contributed by atoms with Gasteiger partial charge in [-0.25, -0.2) is 4.57 Å². The molecular weight excluding hydrogens is 137 g/mol. The van der Waals surface area contributed by atoms with Crippen molar-refractivity contribution in [2.75, 3.05) is 6.61 Å². The highest BCUT2D eigenvalue weighted by atomic mass is 31.1. The van der Waals surface area contributed by atoms with Crippen molar-refractivity contribution < 1.29 is 17.9 Å². The normalized spacial score (nSPS) is 9.25. The van der Waals surface area contributed by atoms with Gasteiger partial charge in [-0.1, -0.05) is 0 Å². The Kier molecular flexibility index (Phi) is 4.61. The molecule has 46 valence electrons. The zero-order valence-corrected chi connectivity index (χ0v) is 4.70. The number of hydrogen-bond donors (Lipinski definition) is 0. The molecule has 0 atom stereocenters. The predicted octanol–water partition coefficient (Wildman–Crippen LogP) is 1.99. The van der Waals surface area contributed by atoms with Gasteiger partial charge in [0.15, 0.2) is 0 Å². The Bertz CT molecular complexity index is 99.5. The molecule has 0 spiro atoms. The number of rotatable bonds is 3. The molecule has 0 saturated carbocycles. The van der Waals surface area contributed by atoms with E-state index in [1.807, 2.05) is 0 Å². The van der Waals surface area contributed by atoms with Crippen LogP contribution in [-0.4, -0.2) is 6.61 Å². The molecule has 0 N–H and O–H groups in total. The van der Waals surface area contributed by atoms with Crippen LogP contribution in [0.25, 0.3) is 0 Å². The fraction of sp³-hybridized carbons (Fsp3) is 0.333. The molecule has 0 unspecified atom stereocenters. The van der Waals surface area contributed by atoms with E-state index in [1.165, 1.54) is 0 Å². The van der Waals surface area contributed by atoms with E-state index in [1.54, 1.807) is 0 Å². The number of halogens is 2. The third-order valence-corrected chi connectivity index (χ3v) is 0.619. The van der Waals surface area contributed by atoms with Crippen molar-refractivity contribution in [3.8, 4) is 0 Å². The Morgan fingerprint density at radius 1 is 1.75 bits per heavy atom. The molecule has 0 amide bonds. The van der Waals surface area contributed by atoms with Crippen molar-refractivity contribution >= 4 is 8.69 Å². The monoisotopic (exact) mass is 140 g/mol. The van der Waals surface area contributed by atoms with Crippen molar-refractivity contribution in [1.29, 1.82) is 0 Å². The third kappa shape index (κ3) is 5.66. The van der Waals surface area contributed by atoms with Crippen LogP contribution in [0.15, 0.2) is 12.2 Å². The molecule has 0 radical (unpaired) electrons. The van der Waals surface area contributed by atoms with Gasteiger partial charge in [0.1, 0.15) is 0 Å². The largest absolute Gasteiger partial charge is 0.327 e. The van der Waals surface area contributed by atoms with Crippen LogP contribution < -0.4 is 0 Å². The van der Waals surface area contributed by atoms with E-state index in [2.05, 4.69) is 4.52 Å². The summed E-state index contributed by atoms with van der Waals surface area (Å²) in [5.41, 5.74) is 0. The van der Waals surface area contributed by atoms with Crippen LogP contribution in [0.2, 0.25) is 0 Å². The lowest BCUT2D eigenvalue weighted by Crippen LogP contribution is -1.74. The Morgan fingerprint density at radius 3 is 2.75 bits per heavy atom. The molecule has 0 heterocycles. The van der Waals surface area contributed by atoms with Gasteiger partial charge in [0.2, 0.25) is 0 Å². The summed E-state index contributed by atoms with van der Waals surface area (Å²) in [5, 5.41) is 0. The predicted molar refractivity (Wildman–Crippen MR) is 23.9 cm³/mol. The van der Waals surface area contributed by atoms with E-state index in [0.717, 1.165) is 0 Å². The SMILES string of the molecule is O=POCC=C(F)F. The molecule has 0 aromatic rings. The zero-order valence-electron chi connectivity index (χ0n) is 3.80. The van der Waals surface area contributed by atoms with Gasteiger partial charge in [-0.3, -0.25) is 4.52 Å². The van der Waals surface area contributed by atoms with Crippen molar-refractivity contribution in [3.05, 3.63) is 12.2 Å². The molecule has 0 aliphatic carbocycles. The molecule has 0 aliphatic heterocycles. The molecule has 0 rings (SSSR count). The van der Waals surface area contributed by atoms with Crippen LogP contribution in [0.4, 0.5) is 8.78 Å². The summed E-state index contributed by atoms with van der Waals surface area (Å²) in [4.78, 5) is 0. The average Bonchev–Trinajstić information content (AvgIpc) is 1.66. The highest BCUT2D eigenvalue weighted by Gasteiger charge is 1.85. The second-order valence-electron chi connectivity index (χ2n) is 0.864. The summed E-state index contributed by atoms with van der Waals surface area (Å²) in [7, 11) is -0.577. The second kappa shape index (κ2) is 4.81. The first-order valence-electron chi connectivity index (χ1n) is 1.73. The van der Waals surface area contributed by atoms with E-state index in [-0.39, 0.29) is 6.61 Å². The van der Waals surface area contributed by atoms with Gasteiger partial charge >= 0.3 is 8.69 Å². The van der Waals surface area contributed by atoms with Gasteiger partial charge in [0, 0.05) is 6.08 Å². The minimum atomic E-state index is -1.83. The minimum absolute atomic E-state index is 0.312. The summed E-state index contributed by atoms with van der Waals surface area (Å²) >= 11 is 0. The Labute approximate surface area is 46.4 Å². The van der Waals surface area contributed by atoms with Crippen molar-refractivity contribution in [2.24, 2.45) is 0 Å². The smallest absolute Gasteiger partial charge is 0.290 e. The van der Waals surface area contributed by atoms with E-state index in [4.69, 9.17) is 0 Å². The lowest BCUT2D eigenvalue weighted by molar-refractivity contribution is 0.364. The molecule has 0 saturated heterocycles. The second-order valence-corrected chi connectivity index (χ2v) is 1.27. The van der Waals surface area contributed by atoms with Gasteiger partial charge in [-0.15, -0.1) is 0 Å². The lowest BCUT2D eigenvalue weighted by Gasteiger charge is -1.80. The van der Waals surface area contributed by atoms with Crippen molar-refractivity contribution in [2.45, 2.75) is 0 Å². The molecule has 0 aromatic carbocycles. The summed E-state index contributed by atoms with van der Waals surface area (Å²) in [6.07, 6.45) is -1.29. The molecular formula is C3H3F2O2P. The molecule has 0 fully saturated rings. The molecule has 2 nitrogen and oxygen atoms in total. The van der Waals surface area contributed by atoms with Crippen LogP contribution in [0.3, 0.4) is 0 Å². The van der Waals surface area contributed by atoms with E-state index >= 15 is 0 Å². The first-order chi connectivity index (χ1) is 3.77. The lowest BCUT2D eigenvalue weighted by atomic mass is 10.7. The molecule has 0 aromatic heterocycles. The van der Waals surface area contributed by atoms with Crippen LogP contribution in [0, 0.1) is 0 Å². The fourth-order valence-corrected chi connectivity index (χ4v) is 0.266. The van der Waals surface area contributed by atoms with E-state index in [0.29, 0.717) is 6.08 Å². The minimum Gasteiger partial charge on any atom is -0.290 e. The summed E-state index contributed by atoms with van der Waals surface area (Å²) in [5.74, 6) is 0. The highest BCUT2D eigenvalue weighted by molar-refractivity contribution is 7.17. The average molecular weight is 140 g/mol. The van der Waals surface area contributed by atoms with Crippen LogP contribution >= 0.6 is 8.69 Å². The molecule has 0 bridgehead atoms. The van der Waals surface area contributed by atoms with Gasteiger partial charge < -0.3 is 0 Å².